The van der Waals surface area contributed by atoms with Gasteiger partial charge in [-0.1, -0.05) is 20.3 Å². The predicted octanol–water partition coefficient (Wildman–Crippen LogP) is 2.74. The second-order valence-corrected chi connectivity index (χ2v) is 7.68. The van der Waals surface area contributed by atoms with E-state index in [1.165, 1.54) is 12.8 Å². The van der Waals surface area contributed by atoms with E-state index in [9.17, 15) is 0 Å². The van der Waals surface area contributed by atoms with Crippen molar-refractivity contribution in [2.24, 2.45) is 7.05 Å². The van der Waals surface area contributed by atoms with Crippen LogP contribution >= 0.6 is 0 Å². The van der Waals surface area contributed by atoms with Crippen LogP contribution < -0.4 is 11.1 Å². The number of anilines is 1. The molecule has 7 nitrogen and oxygen atoms in total. The van der Waals surface area contributed by atoms with E-state index < -0.39 is 0 Å². The maximum absolute atomic E-state index is 6.30. The van der Waals surface area contributed by atoms with Gasteiger partial charge in [0, 0.05) is 54.1 Å². The first-order chi connectivity index (χ1) is 12.5. The second kappa shape index (κ2) is 6.72. The second-order valence-electron chi connectivity index (χ2n) is 7.68. The fourth-order valence-corrected chi connectivity index (χ4v) is 4.06. The summed E-state index contributed by atoms with van der Waals surface area (Å²) in [5.41, 5.74) is 10.2. The Bertz CT molecular complexity index is 908. The summed E-state index contributed by atoms with van der Waals surface area (Å²) in [6.07, 6.45) is 10.4. The summed E-state index contributed by atoms with van der Waals surface area (Å²) in [6.45, 7) is 4.41. The van der Waals surface area contributed by atoms with Crippen molar-refractivity contribution in [2.45, 2.75) is 57.5 Å². The van der Waals surface area contributed by atoms with Gasteiger partial charge in [-0.15, -0.1) is 0 Å². The van der Waals surface area contributed by atoms with Gasteiger partial charge < -0.3 is 11.1 Å². The number of nitrogens with one attached hydrogen (secondary N) is 1. The number of nitrogen functional groups attached to an aromatic ring is 1. The molecular formula is C19H27N7. The van der Waals surface area contributed by atoms with Gasteiger partial charge in [0.05, 0.1) is 12.4 Å². The lowest BCUT2D eigenvalue weighted by molar-refractivity contribution is 0.319. The summed E-state index contributed by atoms with van der Waals surface area (Å²) in [6, 6.07) is 3.05. The number of nitrogens with two attached hydrogens (primary N) is 1. The van der Waals surface area contributed by atoms with Crippen LogP contribution in [0.3, 0.4) is 0 Å². The van der Waals surface area contributed by atoms with Crippen LogP contribution in [0.1, 0.15) is 51.1 Å². The molecule has 26 heavy (non-hydrogen) atoms. The Balaban J connectivity index is 1.70. The lowest BCUT2D eigenvalue weighted by Gasteiger charge is -2.31. The summed E-state index contributed by atoms with van der Waals surface area (Å²) in [5, 5.41) is 12.4. The number of hydrogen-bond donors (Lipinski definition) is 2. The zero-order valence-corrected chi connectivity index (χ0v) is 15.7. The van der Waals surface area contributed by atoms with E-state index in [1.54, 1.807) is 9.20 Å². The third-order valence-electron chi connectivity index (χ3n) is 5.20. The molecule has 0 saturated heterocycles. The van der Waals surface area contributed by atoms with Gasteiger partial charge in [-0.3, -0.25) is 4.68 Å². The van der Waals surface area contributed by atoms with Crippen molar-refractivity contribution in [3.05, 3.63) is 30.4 Å². The monoisotopic (exact) mass is 353 g/mol. The molecule has 1 saturated carbocycles. The molecule has 0 radical (unpaired) electrons. The number of hydrogen-bond acceptors (Lipinski definition) is 5. The smallest absolute Gasteiger partial charge is 0.165 e. The zero-order chi connectivity index (χ0) is 18.3. The third-order valence-corrected chi connectivity index (χ3v) is 5.20. The number of fused-ring (bicyclic) bond motifs is 1. The largest absolute Gasteiger partial charge is 0.384 e. The molecule has 1 aliphatic carbocycles. The summed E-state index contributed by atoms with van der Waals surface area (Å²) in [7, 11) is 1.91. The minimum atomic E-state index is 0.434. The van der Waals surface area contributed by atoms with Gasteiger partial charge in [0.15, 0.2) is 5.65 Å². The Kier molecular flexibility index (Phi) is 4.40. The summed E-state index contributed by atoms with van der Waals surface area (Å²) < 4.78 is 3.51. The highest BCUT2D eigenvalue weighted by atomic mass is 15.3. The first-order valence-corrected chi connectivity index (χ1v) is 9.40. The molecule has 0 amide bonds. The zero-order valence-electron chi connectivity index (χ0n) is 15.7. The highest BCUT2D eigenvalue weighted by molar-refractivity contribution is 5.77. The molecule has 3 heterocycles. The van der Waals surface area contributed by atoms with Crippen molar-refractivity contribution in [3.8, 4) is 11.1 Å². The molecule has 3 N–H and O–H groups in total. The Morgan fingerprint density at radius 3 is 2.81 bits per heavy atom. The molecule has 0 aliphatic heterocycles. The molecule has 7 heteroatoms. The molecule has 2 atom stereocenters. The van der Waals surface area contributed by atoms with Crippen LogP contribution in [0.15, 0.2) is 24.7 Å². The highest BCUT2D eigenvalue weighted by Gasteiger charge is 2.26. The fraction of sp³-hybridized carbons (Fsp3) is 0.526. The fourth-order valence-electron chi connectivity index (χ4n) is 4.06. The van der Waals surface area contributed by atoms with Gasteiger partial charge in [0.2, 0.25) is 0 Å². The molecular weight excluding hydrogens is 326 g/mol. The molecule has 3 aromatic rings. The molecule has 1 fully saturated rings. The van der Waals surface area contributed by atoms with Crippen molar-refractivity contribution < 1.29 is 0 Å². The molecule has 138 valence electrons. The normalized spacial score (nSPS) is 20.9. The van der Waals surface area contributed by atoms with E-state index in [0.29, 0.717) is 23.8 Å². The third kappa shape index (κ3) is 3.19. The summed E-state index contributed by atoms with van der Waals surface area (Å²) in [5.74, 6) is 1.07. The Morgan fingerprint density at radius 1 is 1.23 bits per heavy atom. The maximum atomic E-state index is 6.30. The van der Waals surface area contributed by atoms with Crippen molar-refractivity contribution >= 4 is 11.5 Å². The standard InChI is InChI=1S/C19H27N7/c1-12(2)23-15-6-4-5-13(7-15)17-8-18(20)26-19(24-17)16(10-22-26)14-9-21-25(3)11-14/h8-13,15,23H,4-7,20H2,1-3H3. The Hall–Kier alpha value is -2.41. The van der Waals surface area contributed by atoms with Crippen molar-refractivity contribution in [3.63, 3.8) is 0 Å². The summed E-state index contributed by atoms with van der Waals surface area (Å²) in [4.78, 5) is 4.97. The average Bonchev–Trinajstić information content (AvgIpc) is 3.20. The van der Waals surface area contributed by atoms with E-state index >= 15 is 0 Å². The molecule has 0 spiro atoms. The quantitative estimate of drug-likeness (QED) is 0.753. The van der Waals surface area contributed by atoms with Crippen LogP contribution in [-0.2, 0) is 7.05 Å². The van der Waals surface area contributed by atoms with Gasteiger partial charge in [-0.05, 0) is 19.3 Å². The molecule has 4 rings (SSSR count). The average molecular weight is 353 g/mol. The van der Waals surface area contributed by atoms with E-state index in [-0.39, 0.29) is 0 Å². The molecule has 3 aromatic heterocycles. The lowest BCUT2D eigenvalue weighted by atomic mass is 9.83. The van der Waals surface area contributed by atoms with Gasteiger partial charge in [-0.2, -0.15) is 14.7 Å². The first-order valence-electron chi connectivity index (χ1n) is 9.40. The van der Waals surface area contributed by atoms with E-state index in [0.717, 1.165) is 35.3 Å². The Morgan fingerprint density at radius 2 is 2.08 bits per heavy atom. The number of aromatic nitrogens is 5. The highest BCUT2D eigenvalue weighted by Crippen LogP contribution is 2.34. The van der Waals surface area contributed by atoms with Crippen LogP contribution in [0.4, 0.5) is 5.82 Å². The van der Waals surface area contributed by atoms with Crippen LogP contribution in [0.5, 0.6) is 0 Å². The predicted molar refractivity (Wildman–Crippen MR) is 103 cm³/mol. The van der Waals surface area contributed by atoms with Gasteiger partial charge in [-0.25, -0.2) is 4.98 Å². The molecule has 0 aromatic carbocycles. The van der Waals surface area contributed by atoms with Crippen molar-refractivity contribution in [2.75, 3.05) is 5.73 Å². The topological polar surface area (TPSA) is 86.1 Å². The van der Waals surface area contributed by atoms with Gasteiger partial charge in [0.25, 0.3) is 0 Å². The minimum Gasteiger partial charge on any atom is -0.384 e. The molecule has 0 bridgehead atoms. The van der Waals surface area contributed by atoms with Crippen LogP contribution in [0.2, 0.25) is 0 Å². The SMILES string of the molecule is CC(C)NC1CCCC(c2cc(N)n3ncc(-c4cnn(C)c4)c3n2)C1. The van der Waals surface area contributed by atoms with E-state index in [4.69, 9.17) is 10.7 Å². The Labute approximate surface area is 153 Å². The van der Waals surface area contributed by atoms with Crippen LogP contribution in [0, 0.1) is 0 Å². The lowest BCUT2D eigenvalue weighted by Crippen LogP contribution is -2.38. The van der Waals surface area contributed by atoms with Crippen molar-refractivity contribution in [1.82, 2.24) is 29.7 Å². The van der Waals surface area contributed by atoms with Crippen LogP contribution in [0.25, 0.3) is 16.8 Å². The molecule has 1 aliphatic rings. The van der Waals surface area contributed by atoms with Gasteiger partial charge >= 0.3 is 0 Å². The summed E-state index contributed by atoms with van der Waals surface area (Å²) >= 11 is 0. The first kappa shape index (κ1) is 17.0. The number of rotatable bonds is 4. The maximum Gasteiger partial charge on any atom is 0.165 e. The number of nitrogens with zero attached hydrogens (tertiary/aromatic N) is 5. The van der Waals surface area contributed by atoms with Crippen molar-refractivity contribution in [1.29, 1.82) is 0 Å². The minimum absolute atomic E-state index is 0.434. The van der Waals surface area contributed by atoms with E-state index in [2.05, 4.69) is 29.4 Å². The van der Waals surface area contributed by atoms with Crippen LogP contribution in [-0.4, -0.2) is 36.5 Å². The van der Waals surface area contributed by atoms with Gasteiger partial charge in [0.1, 0.15) is 5.82 Å². The number of aryl methyl sites for hydroxylation is 1. The van der Waals surface area contributed by atoms with E-state index in [1.807, 2.05) is 31.7 Å². The molecule has 2 unspecified atom stereocenters.